The molecule has 0 spiro atoms. The molecular formula is C17H22FNO3. The predicted molar refractivity (Wildman–Crippen MR) is 80.8 cm³/mol. The molecule has 1 amide bonds. The standard InChI is InChI=1S/C17H22FNO3/c1-11(7-12-3-2-4-14(18)9-12)8-16(20)19-15-6-5-13(10-15)17(21)22/h2-4,9,11,13,15H,5-8,10H2,1H3,(H,19,20)(H,21,22)/t11?,13-,15+/m1/s1. The first-order chi connectivity index (χ1) is 10.4. The highest BCUT2D eigenvalue weighted by Crippen LogP contribution is 2.26. The van der Waals surface area contributed by atoms with Gasteiger partial charge in [0.1, 0.15) is 5.82 Å². The SMILES string of the molecule is CC(CC(=O)N[C@H]1CC[C@@H](C(=O)O)C1)Cc1cccc(F)c1. The Labute approximate surface area is 129 Å². The van der Waals surface area contributed by atoms with Gasteiger partial charge in [-0.25, -0.2) is 4.39 Å². The quantitative estimate of drug-likeness (QED) is 0.849. The number of benzene rings is 1. The molecule has 1 fully saturated rings. The van der Waals surface area contributed by atoms with Gasteiger partial charge in [0.05, 0.1) is 5.92 Å². The van der Waals surface area contributed by atoms with Crippen LogP contribution in [-0.2, 0) is 16.0 Å². The molecule has 1 saturated carbocycles. The Bertz CT molecular complexity index is 546. The summed E-state index contributed by atoms with van der Waals surface area (Å²) in [7, 11) is 0. The summed E-state index contributed by atoms with van der Waals surface area (Å²) in [4.78, 5) is 22.9. The van der Waals surface area contributed by atoms with Crippen molar-refractivity contribution >= 4 is 11.9 Å². The van der Waals surface area contributed by atoms with E-state index in [9.17, 15) is 14.0 Å². The van der Waals surface area contributed by atoms with Crippen molar-refractivity contribution in [1.82, 2.24) is 5.32 Å². The molecule has 2 rings (SSSR count). The molecule has 0 saturated heterocycles. The van der Waals surface area contributed by atoms with Gasteiger partial charge in [-0.2, -0.15) is 0 Å². The smallest absolute Gasteiger partial charge is 0.306 e. The summed E-state index contributed by atoms with van der Waals surface area (Å²) in [5.41, 5.74) is 0.882. The number of aliphatic carboxylic acids is 1. The minimum atomic E-state index is -0.781. The molecule has 0 aromatic heterocycles. The van der Waals surface area contributed by atoms with Gasteiger partial charge in [0, 0.05) is 12.5 Å². The van der Waals surface area contributed by atoms with Gasteiger partial charge in [-0.15, -0.1) is 0 Å². The van der Waals surface area contributed by atoms with E-state index in [1.54, 1.807) is 6.07 Å². The van der Waals surface area contributed by atoms with Crippen molar-refractivity contribution in [2.45, 2.75) is 45.1 Å². The fraction of sp³-hybridized carbons (Fsp3) is 0.529. The average Bonchev–Trinajstić information content (AvgIpc) is 2.86. The zero-order valence-electron chi connectivity index (χ0n) is 12.7. The lowest BCUT2D eigenvalue weighted by Gasteiger charge is -2.15. The number of amides is 1. The Kier molecular flexibility index (Phi) is 5.52. The lowest BCUT2D eigenvalue weighted by atomic mass is 9.97. The molecule has 120 valence electrons. The van der Waals surface area contributed by atoms with E-state index in [0.29, 0.717) is 25.7 Å². The number of halogens is 1. The van der Waals surface area contributed by atoms with E-state index >= 15 is 0 Å². The maximum atomic E-state index is 13.1. The highest BCUT2D eigenvalue weighted by Gasteiger charge is 2.30. The van der Waals surface area contributed by atoms with Gasteiger partial charge in [-0.05, 0) is 49.3 Å². The van der Waals surface area contributed by atoms with E-state index in [2.05, 4.69) is 5.32 Å². The van der Waals surface area contributed by atoms with Crippen LogP contribution in [0.1, 0.15) is 38.2 Å². The molecule has 2 N–H and O–H groups in total. The Morgan fingerprint density at radius 3 is 2.82 bits per heavy atom. The summed E-state index contributed by atoms with van der Waals surface area (Å²) < 4.78 is 13.1. The summed E-state index contributed by atoms with van der Waals surface area (Å²) in [6.45, 7) is 1.96. The predicted octanol–water partition coefficient (Wildman–Crippen LogP) is 2.76. The van der Waals surface area contributed by atoms with Gasteiger partial charge in [0.15, 0.2) is 0 Å². The van der Waals surface area contributed by atoms with Gasteiger partial charge in [0.25, 0.3) is 0 Å². The maximum absolute atomic E-state index is 13.1. The number of hydrogen-bond donors (Lipinski definition) is 2. The molecule has 0 bridgehead atoms. The minimum Gasteiger partial charge on any atom is -0.481 e. The topological polar surface area (TPSA) is 66.4 Å². The number of carbonyl (C=O) groups excluding carboxylic acids is 1. The zero-order valence-corrected chi connectivity index (χ0v) is 12.7. The van der Waals surface area contributed by atoms with Crippen molar-refractivity contribution in [2.24, 2.45) is 11.8 Å². The molecule has 0 aliphatic heterocycles. The van der Waals surface area contributed by atoms with Crippen LogP contribution in [0.3, 0.4) is 0 Å². The number of carboxylic acids is 1. The first-order valence-electron chi connectivity index (χ1n) is 7.70. The summed E-state index contributed by atoms with van der Waals surface area (Å²) >= 11 is 0. The van der Waals surface area contributed by atoms with E-state index in [-0.39, 0.29) is 29.6 Å². The third-order valence-corrected chi connectivity index (χ3v) is 4.15. The molecule has 0 heterocycles. The van der Waals surface area contributed by atoms with E-state index in [1.165, 1.54) is 12.1 Å². The van der Waals surface area contributed by atoms with Crippen LogP contribution >= 0.6 is 0 Å². The van der Waals surface area contributed by atoms with Crippen LogP contribution < -0.4 is 5.32 Å². The number of nitrogens with one attached hydrogen (secondary N) is 1. The molecule has 22 heavy (non-hydrogen) atoms. The molecular weight excluding hydrogens is 285 g/mol. The molecule has 3 atom stereocenters. The van der Waals surface area contributed by atoms with Crippen LogP contribution in [0, 0.1) is 17.7 Å². The average molecular weight is 307 g/mol. The normalized spacial score (nSPS) is 22.3. The van der Waals surface area contributed by atoms with Crippen molar-refractivity contribution in [3.8, 4) is 0 Å². The summed E-state index contributed by atoms with van der Waals surface area (Å²) in [6.07, 6.45) is 2.87. The largest absolute Gasteiger partial charge is 0.481 e. The third-order valence-electron chi connectivity index (χ3n) is 4.15. The highest BCUT2D eigenvalue weighted by atomic mass is 19.1. The second kappa shape index (κ2) is 7.38. The molecule has 1 aromatic carbocycles. The van der Waals surface area contributed by atoms with Crippen molar-refractivity contribution in [2.75, 3.05) is 0 Å². The zero-order chi connectivity index (χ0) is 16.1. The van der Waals surface area contributed by atoms with Crippen LogP contribution in [0.4, 0.5) is 4.39 Å². The van der Waals surface area contributed by atoms with Gasteiger partial charge in [-0.1, -0.05) is 19.1 Å². The fourth-order valence-electron chi connectivity index (χ4n) is 3.08. The second-order valence-corrected chi connectivity index (χ2v) is 6.26. The second-order valence-electron chi connectivity index (χ2n) is 6.26. The minimum absolute atomic E-state index is 0.0324. The van der Waals surface area contributed by atoms with Crippen LogP contribution in [0.15, 0.2) is 24.3 Å². The van der Waals surface area contributed by atoms with Crippen molar-refractivity contribution in [3.63, 3.8) is 0 Å². The monoisotopic (exact) mass is 307 g/mol. The van der Waals surface area contributed by atoms with Crippen molar-refractivity contribution < 1.29 is 19.1 Å². The van der Waals surface area contributed by atoms with Gasteiger partial charge in [0.2, 0.25) is 5.91 Å². The molecule has 1 aromatic rings. The number of carbonyl (C=O) groups is 2. The van der Waals surface area contributed by atoms with E-state index in [1.807, 2.05) is 13.0 Å². The number of carboxylic acid groups (broad SMARTS) is 1. The molecule has 1 aliphatic rings. The Morgan fingerprint density at radius 2 is 2.18 bits per heavy atom. The molecule has 1 aliphatic carbocycles. The summed E-state index contributed by atoms with van der Waals surface area (Å²) in [5, 5.41) is 11.9. The van der Waals surface area contributed by atoms with Crippen LogP contribution in [0.2, 0.25) is 0 Å². The molecule has 0 radical (unpaired) electrons. The van der Waals surface area contributed by atoms with E-state index in [4.69, 9.17) is 5.11 Å². The van der Waals surface area contributed by atoms with E-state index in [0.717, 1.165) is 12.0 Å². The number of rotatable bonds is 6. The Hall–Kier alpha value is -1.91. The first-order valence-corrected chi connectivity index (χ1v) is 7.70. The van der Waals surface area contributed by atoms with Crippen LogP contribution in [0.5, 0.6) is 0 Å². The summed E-state index contributed by atoms with van der Waals surface area (Å²) in [6, 6.07) is 6.38. The number of hydrogen-bond acceptors (Lipinski definition) is 2. The van der Waals surface area contributed by atoms with Crippen LogP contribution in [0.25, 0.3) is 0 Å². The lowest BCUT2D eigenvalue weighted by molar-refractivity contribution is -0.141. The highest BCUT2D eigenvalue weighted by molar-refractivity contribution is 5.77. The third kappa shape index (κ3) is 4.83. The Balaban J connectivity index is 1.76. The molecule has 5 heteroatoms. The Morgan fingerprint density at radius 1 is 1.41 bits per heavy atom. The van der Waals surface area contributed by atoms with Crippen molar-refractivity contribution in [3.05, 3.63) is 35.6 Å². The van der Waals surface area contributed by atoms with E-state index < -0.39 is 5.97 Å². The van der Waals surface area contributed by atoms with Crippen molar-refractivity contribution in [1.29, 1.82) is 0 Å². The van der Waals surface area contributed by atoms with Gasteiger partial charge in [-0.3, -0.25) is 9.59 Å². The molecule has 1 unspecified atom stereocenters. The molecule has 4 nitrogen and oxygen atoms in total. The van der Waals surface area contributed by atoms with Gasteiger partial charge < -0.3 is 10.4 Å². The first kappa shape index (κ1) is 16.5. The van der Waals surface area contributed by atoms with Gasteiger partial charge >= 0.3 is 5.97 Å². The fourth-order valence-corrected chi connectivity index (χ4v) is 3.08. The summed E-state index contributed by atoms with van der Waals surface area (Å²) in [5.74, 6) is -1.33. The maximum Gasteiger partial charge on any atom is 0.306 e. The lowest BCUT2D eigenvalue weighted by Crippen LogP contribution is -2.34. The van der Waals surface area contributed by atoms with Crippen LogP contribution in [-0.4, -0.2) is 23.0 Å².